The van der Waals surface area contributed by atoms with Crippen molar-refractivity contribution >= 4 is 0 Å². The molecule has 0 fully saturated rings. The van der Waals surface area contributed by atoms with E-state index in [-0.39, 0.29) is 0 Å². The highest BCUT2D eigenvalue weighted by Crippen LogP contribution is 2.33. The van der Waals surface area contributed by atoms with E-state index in [1.54, 1.807) is 0 Å². The molecule has 2 atom stereocenters. The number of allylic oxidation sites excluding steroid dienone is 2. The summed E-state index contributed by atoms with van der Waals surface area (Å²) in [6.07, 6.45) is 13.6. The minimum Gasteiger partial charge on any atom is -0.494 e. The topological polar surface area (TPSA) is 9.23 Å². The van der Waals surface area contributed by atoms with Crippen molar-refractivity contribution in [2.75, 3.05) is 6.61 Å². The van der Waals surface area contributed by atoms with E-state index in [4.69, 9.17) is 4.74 Å². The molecule has 4 rings (SSSR count). The van der Waals surface area contributed by atoms with Crippen LogP contribution in [-0.4, -0.2) is 6.61 Å². The molecule has 1 aliphatic rings. The summed E-state index contributed by atoms with van der Waals surface area (Å²) in [7, 11) is 0. The van der Waals surface area contributed by atoms with E-state index in [2.05, 4.69) is 98.8 Å². The molecule has 1 heteroatoms. The summed E-state index contributed by atoms with van der Waals surface area (Å²) in [6, 6.07) is 26.5. The molecule has 0 spiro atoms. The molecule has 3 aromatic carbocycles. The molecular weight excluding hydrogens is 400 g/mol. The first-order chi connectivity index (χ1) is 16.2. The van der Waals surface area contributed by atoms with Gasteiger partial charge in [0.25, 0.3) is 0 Å². The number of aryl methyl sites for hydroxylation is 2. The van der Waals surface area contributed by atoms with Crippen LogP contribution in [0.25, 0.3) is 11.1 Å². The van der Waals surface area contributed by atoms with Gasteiger partial charge in [-0.2, -0.15) is 0 Å². The molecule has 0 amide bonds. The monoisotopic (exact) mass is 438 g/mol. The molecule has 0 bridgehead atoms. The van der Waals surface area contributed by atoms with Gasteiger partial charge in [0.1, 0.15) is 5.75 Å². The van der Waals surface area contributed by atoms with Crippen LogP contribution in [0.2, 0.25) is 0 Å². The van der Waals surface area contributed by atoms with E-state index < -0.39 is 0 Å². The molecule has 33 heavy (non-hydrogen) atoms. The Labute approximate surface area is 200 Å². The van der Waals surface area contributed by atoms with E-state index in [1.807, 2.05) is 0 Å². The first kappa shape index (κ1) is 23.4. The lowest BCUT2D eigenvalue weighted by Crippen LogP contribution is -2.07. The second kappa shape index (κ2) is 11.9. The van der Waals surface area contributed by atoms with Gasteiger partial charge in [0.2, 0.25) is 0 Å². The minimum absolute atomic E-state index is 0.576. The van der Waals surface area contributed by atoms with Gasteiger partial charge in [-0.3, -0.25) is 0 Å². The molecule has 1 nitrogen and oxygen atoms in total. The third kappa shape index (κ3) is 6.84. The Morgan fingerprint density at radius 3 is 2.09 bits per heavy atom. The standard InChI is InChI=1S/C32H38O/c1-3-4-6-26-12-14-28(15-13-26)29-16-18-30(19-17-29)31-20-22-32(23-21-31)33-24-5-7-27-10-8-25(2)9-11-27/h8-12,14,16-23,26,28H,3-7,13,15,24H2,1-2H3. The van der Waals surface area contributed by atoms with Crippen molar-refractivity contribution in [1.82, 2.24) is 0 Å². The Kier molecular flexibility index (Phi) is 8.41. The minimum atomic E-state index is 0.576. The second-order valence-corrected chi connectivity index (χ2v) is 9.56. The number of benzene rings is 3. The zero-order chi connectivity index (χ0) is 22.9. The molecular formula is C32H38O. The van der Waals surface area contributed by atoms with E-state index in [0.717, 1.165) is 31.1 Å². The van der Waals surface area contributed by atoms with Crippen LogP contribution in [0, 0.1) is 12.8 Å². The third-order valence-electron chi connectivity index (χ3n) is 6.92. The van der Waals surface area contributed by atoms with Gasteiger partial charge in [-0.05, 0) is 79.3 Å². The summed E-state index contributed by atoms with van der Waals surface area (Å²) in [5.41, 5.74) is 6.64. The zero-order valence-corrected chi connectivity index (χ0v) is 20.3. The van der Waals surface area contributed by atoms with Crippen molar-refractivity contribution in [3.8, 4) is 16.9 Å². The van der Waals surface area contributed by atoms with Crippen LogP contribution in [0.3, 0.4) is 0 Å². The molecule has 172 valence electrons. The first-order valence-corrected chi connectivity index (χ1v) is 12.8. The van der Waals surface area contributed by atoms with Crippen LogP contribution in [0.5, 0.6) is 5.75 Å². The van der Waals surface area contributed by atoms with Gasteiger partial charge in [0.15, 0.2) is 0 Å². The normalized spacial score (nSPS) is 17.8. The van der Waals surface area contributed by atoms with Crippen LogP contribution >= 0.6 is 0 Å². The first-order valence-electron chi connectivity index (χ1n) is 12.8. The maximum Gasteiger partial charge on any atom is 0.119 e. The molecule has 0 aliphatic heterocycles. The number of hydrogen-bond acceptors (Lipinski definition) is 1. The van der Waals surface area contributed by atoms with Crippen LogP contribution < -0.4 is 4.74 Å². The number of ether oxygens (including phenoxy) is 1. The fraction of sp³-hybridized carbons (Fsp3) is 0.375. The Hall–Kier alpha value is -2.80. The average Bonchev–Trinajstić information content (AvgIpc) is 2.87. The average molecular weight is 439 g/mol. The highest BCUT2D eigenvalue weighted by Gasteiger charge is 2.16. The van der Waals surface area contributed by atoms with Crippen molar-refractivity contribution in [3.63, 3.8) is 0 Å². The quantitative estimate of drug-likeness (QED) is 0.227. The van der Waals surface area contributed by atoms with Gasteiger partial charge in [0, 0.05) is 5.92 Å². The molecule has 0 radical (unpaired) electrons. The van der Waals surface area contributed by atoms with Crippen molar-refractivity contribution < 1.29 is 4.74 Å². The number of unbranched alkanes of at least 4 members (excludes halogenated alkanes) is 1. The summed E-state index contributed by atoms with van der Waals surface area (Å²) in [4.78, 5) is 0. The summed E-state index contributed by atoms with van der Waals surface area (Å²) >= 11 is 0. The highest BCUT2D eigenvalue weighted by molar-refractivity contribution is 5.64. The maximum absolute atomic E-state index is 5.97. The fourth-order valence-electron chi connectivity index (χ4n) is 4.75. The molecule has 1 aliphatic carbocycles. The van der Waals surface area contributed by atoms with Crippen molar-refractivity contribution in [2.45, 2.75) is 64.7 Å². The van der Waals surface area contributed by atoms with Crippen LogP contribution in [0.15, 0.2) is 84.9 Å². The molecule has 0 saturated heterocycles. The molecule has 0 saturated carbocycles. The number of hydrogen-bond donors (Lipinski definition) is 0. The Balaban J connectivity index is 1.26. The smallest absolute Gasteiger partial charge is 0.119 e. The van der Waals surface area contributed by atoms with E-state index in [1.165, 1.54) is 59.9 Å². The summed E-state index contributed by atoms with van der Waals surface area (Å²) in [5, 5.41) is 0. The zero-order valence-electron chi connectivity index (χ0n) is 20.3. The maximum atomic E-state index is 5.97. The van der Waals surface area contributed by atoms with Crippen LogP contribution in [0.4, 0.5) is 0 Å². The van der Waals surface area contributed by atoms with E-state index in [9.17, 15) is 0 Å². The lowest BCUT2D eigenvalue weighted by atomic mass is 9.82. The molecule has 0 aromatic heterocycles. The van der Waals surface area contributed by atoms with E-state index in [0.29, 0.717) is 5.92 Å². The van der Waals surface area contributed by atoms with Gasteiger partial charge >= 0.3 is 0 Å². The second-order valence-electron chi connectivity index (χ2n) is 9.56. The van der Waals surface area contributed by atoms with Crippen LogP contribution in [-0.2, 0) is 6.42 Å². The number of rotatable bonds is 10. The van der Waals surface area contributed by atoms with Gasteiger partial charge < -0.3 is 4.74 Å². The van der Waals surface area contributed by atoms with Crippen molar-refractivity contribution in [2.24, 2.45) is 5.92 Å². The van der Waals surface area contributed by atoms with Gasteiger partial charge in [-0.25, -0.2) is 0 Å². The summed E-state index contributed by atoms with van der Waals surface area (Å²) < 4.78 is 5.97. The Morgan fingerprint density at radius 1 is 0.758 bits per heavy atom. The Morgan fingerprint density at radius 2 is 1.45 bits per heavy atom. The third-order valence-corrected chi connectivity index (χ3v) is 6.92. The summed E-state index contributed by atoms with van der Waals surface area (Å²) in [6.45, 7) is 5.16. The van der Waals surface area contributed by atoms with Gasteiger partial charge in [-0.1, -0.05) is 98.1 Å². The van der Waals surface area contributed by atoms with Gasteiger partial charge in [-0.15, -0.1) is 0 Å². The van der Waals surface area contributed by atoms with Gasteiger partial charge in [0.05, 0.1) is 6.61 Å². The SMILES string of the molecule is CCCCC1C=CC(c2ccc(-c3ccc(OCCCc4ccc(C)cc4)cc3)cc2)CC1. The summed E-state index contributed by atoms with van der Waals surface area (Å²) in [5.74, 6) is 2.32. The predicted molar refractivity (Wildman–Crippen MR) is 141 cm³/mol. The molecule has 0 N–H and O–H groups in total. The van der Waals surface area contributed by atoms with Crippen molar-refractivity contribution in [1.29, 1.82) is 0 Å². The molecule has 3 aromatic rings. The largest absolute Gasteiger partial charge is 0.494 e. The molecule has 2 unspecified atom stereocenters. The fourth-order valence-corrected chi connectivity index (χ4v) is 4.75. The molecule has 0 heterocycles. The highest BCUT2D eigenvalue weighted by atomic mass is 16.5. The van der Waals surface area contributed by atoms with Crippen LogP contribution in [0.1, 0.15) is 68.1 Å². The lowest BCUT2D eigenvalue weighted by molar-refractivity contribution is 0.311. The lowest BCUT2D eigenvalue weighted by Gasteiger charge is -2.23. The van der Waals surface area contributed by atoms with E-state index >= 15 is 0 Å². The Bertz CT molecular complexity index is 996. The van der Waals surface area contributed by atoms with Crippen molar-refractivity contribution in [3.05, 3.63) is 102 Å². The predicted octanol–water partition coefficient (Wildman–Crippen LogP) is 8.91.